The minimum Gasteiger partial charge on any atom is -0.507 e. The first-order chi connectivity index (χ1) is 18.1. The van der Waals surface area contributed by atoms with Gasteiger partial charge in [0.15, 0.2) is 5.75 Å². The van der Waals surface area contributed by atoms with Crippen molar-refractivity contribution in [2.45, 2.75) is 13.0 Å². The van der Waals surface area contributed by atoms with E-state index in [-0.39, 0.29) is 39.6 Å². The van der Waals surface area contributed by atoms with Crippen molar-refractivity contribution in [2.75, 3.05) is 45.2 Å². The number of rotatable bonds is 5. The first kappa shape index (κ1) is 25.7. The molecule has 1 N–H and O–H groups in total. The Morgan fingerprint density at radius 3 is 2.76 bits per heavy atom. The number of amides is 1. The molecule has 198 valence electrons. The summed E-state index contributed by atoms with van der Waals surface area (Å²) in [5, 5.41) is 11.2. The van der Waals surface area contributed by atoms with Crippen LogP contribution in [-0.2, 0) is 4.79 Å². The quantitative estimate of drug-likeness (QED) is 0.496. The molecule has 11 heteroatoms. The van der Waals surface area contributed by atoms with E-state index in [1.165, 1.54) is 35.1 Å². The van der Waals surface area contributed by atoms with Gasteiger partial charge in [-0.25, -0.2) is 9.18 Å². The zero-order valence-corrected chi connectivity index (χ0v) is 22.0. The summed E-state index contributed by atoms with van der Waals surface area (Å²) in [6, 6.07) is 5.42. The van der Waals surface area contributed by atoms with E-state index >= 15 is 4.39 Å². The highest BCUT2D eigenvalue weighted by Gasteiger charge is 2.33. The molecule has 1 aromatic heterocycles. The van der Waals surface area contributed by atoms with Crippen molar-refractivity contribution in [1.82, 2.24) is 19.4 Å². The summed E-state index contributed by atoms with van der Waals surface area (Å²) in [6.45, 7) is 7.14. The molecule has 0 bridgehead atoms. The zero-order chi connectivity index (χ0) is 27.3. The van der Waals surface area contributed by atoms with Crippen LogP contribution in [0.3, 0.4) is 0 Å². The van der Waals surface area contributed by atoms with Crippen LogP contribution < -0.4 is 15.3 Å². The first-order valence-corrected chi connectivity index (χ1v) is 12.5. The first-order valence-electron chi connectivity index (χ1n) is 12.1. The summed E-state index contributed by atoms with van der Waals surface area (Å²) in [5.41, 5.74) is 0.388. The molecule has 38 heavy (non-hydrogen) atoms. The second-order valence-electron chi connectivity index (χ2n) is 9.64. The third kappa shape index (κ3) is 4.19. The predicted octanol–water partition coefficient (Wildman–Crippen LogP) is 3.54. The fraction of sp³-hybridized carbons (Fsp3) is 0.296. The van der Waals surface area contributed by atoms with E-state index in [2.05, 4.69) is 11.6 Å². The number of carbonyl (C=O) groups excluding carboxylic acids is 1. The van der Waals surface area contributed by atoms with Crippen LogP contribution in [0.25, 0.3) is 27.7 Å². The van der Waals surface area contributed by atoms with Gasteiger partial charge in [0.05, 0.1) is 21.8 Å². The van der Waals surface area contributed by atoms with Crippen molar-refractivity contribution < 1.29 is 19.0 Å². The lowest BCUT2D eigenvalue weighted by Crippen LogP contribution is -2.54. The normalized spacial score (nSPS) is 17.0. The van der Waals surface area contributed by atoms with Gasteiger partial charge in [-0.2, -0.15) is 4.98 Å². The van der Waals surface area contributed by atoms with Gasteiger partial charge in [0.2, 0.25) is 5.91 Å². The maximum atomic E-state index is 15.0. The van der Waals surface area contributed by atoms with Crippen LogP contribution in [0.1, 0.15) is 6.92 Å². The Bertz CT molecular complexity index is 1550. The molecule has 2 aliphatic heterocycles. The van der Waals surface area contributed by atoms with E-state index in [9.17, 15) is 14.7 Å². The van der Waals surface area contributed by atoms with Gasteiger partial charge < -0.3 is 24.5 Å². The number of phenols is 1. The second kappa shape index (κ2) is 9.77. The second-order valence-corrected chi connectivity index (χ2v) is 10.0. The molecule has 0 saturated carbocycles. The molecule has 3 heterocycles. The standard InChI is InChI=1S/C27H27ClFN5O4/c1-5-21(36)32-9-10-33(15(2)12-32)26-17-11-18(28)22(23-19(29)7-6-8-20(23)35)25-24(17)34(27(37)30-26)16(14-38-25)13-31(3)4/h5-8,11,14-15,35H,1,9-10,12-13H2,2-4H3/t15-/m0/s1. The van der Waals surface area contributed by atoms with Crippen molar-refractivity contribution in [3.8, 4) is 22.6 Å². The van der Waals surface area contributed by atoms with Crippen LogP contribution in [0.15, 0.2) is 48.0 Å². The van der Waals surface area contributed by atoms with E-state index in [4.69, 9.17) is 16.3 Å². The van der Waals surface area contributed by atoms with E-state index in [1.54, 1.807) is 11.0 Å². The number of hydrogen-bond donors (Lipinski definition) is 1. The molecular weight excluding hydrogens is 513 g/mol. The van der Waals surface area contributed by atoms with Gasteiger partial charge in [-0.15, -0.1) is 0 Å². The van der Waals surface area contributed by atoms with Crippen molar-refractivity contribution in [2.24, 2.45) is 0 Å². The van der Waals surface area contributed by atoms with E-state index < -0.39 is 11.5 Å². The molecule has 0 spiro atoms. The van der Waals surface area contributed by atoms with Gasteiger partial charge >= 0.3 is 5.69 Å². The number of nitrogens with zero attached hydrogens (tertiary/aromatic N) is 5. The Kier molecular flexibility index (Phi) is 6.62. The summed E-state index contributed by atoms with van der Waals surface area (Å²) in [6.07, 6.45) is 2.70. The maximum Gasteiger partial charge on any atom is 0.354 e. The zero-order valence-electron chi connectivity index (χ0n) is 21.2. The van der Waals surface area contributed by atoms with Crippen LogP contribution >= 0.6 is 11.6 Å². The van der Waals surface area contributed by atoms with E-state index in [1.807, 2.05) is 30.8 Å². The maximum absolute atomic E-state index is 15.0. The fourth-order valence-electron chi connectivity index (χ4n) is 5.11. The average molecular weight is 540 g/mol. The van der Waals surface area contributed by atoms with Crippen molar-refractivity contribution in [3.63, 3.8) is 0 Å². The smallest absolute Gasteiger partial charge is 0.354 e. The fourth-order valence-corrected chi connectivity index (χ4v) is 5.40. The number of phenolic OH excluding ortho intramolecular Hbond substituents is 1. The SMILES string of the molecule is C=CC(=O)N1CCN(c2nc(=O)n3c4c(c(-c5c(O)cccc5F)c(Cl)cc24)OC=C3CN(C)C)[C@@H](C)C1. The van der Waals surface area contributed by atoms with E-state index in [0.717, 1.165) is 0 Å². The highest BCUT2D eigenvalue weighted by atomic mass is 35.5. The van der Waals surface area contributed by atoms with Crippen LogP contribution in [0, 0.1) is 5.82 Å². The molecular formula is C27H27ClFN5O4. The molecule has 1 amide bonds. The van der Waals surface area contributed by atoms with Gasteiger partial charge in [-0.05, 0) is 45.3 Å². The lowest BCUT2D eigenvalue weighted by molar-refractivity contribution is -0.126. The molecule has 5 rings (SSSR count). The molecule has 0 radical (unpaired) electrons. The van der Waals surface area contributed by atoms with Crippen LogP contribution in [0.5, 0.6) is 11.5 Å². The minimum atomic E-state index is -0.686. The molecule has 1 atom stereocenters. The number of carbonyl (C=O) groups is 1. The molecule has 9 nitrogen and oxygen atoms in total. The largest absolute Gasteiger partial charge is 0.507 e. The van der Waals surface area contributed by atoms with E-state index in [0.29, 0.717) is 48.6 Å². The topological polar surface area (TPSA) is 91.1 Å². The van der Waals surface area contributed by atoms with Gasteiger partial charge in [0.1, 0.15) is 29.2 Å². The number of aromatic hydroxyl groups is 1. The number of piperazine rings is 1. The molecule has 3 aromatic rings. The molecule has 0 unspecified atom stereocenters. The summed E-state index contributed by atoms with van der Waals surface area (Å²) in [4.78, 5) is 35.7. The molecule has 1 fully saturated rings. The summed E-state index contributed by atoms with van der Waals surface area (Å²) < 4.78 is 22.5. The Hall–Kier alpha value is -3.89. The van der Waals surface area contributed by atoms with Crippen molar-refractivity contribution in [1.29, 1.82) is 0 Å². The number of aromatic nitrogens is 2. The van der Waals surface area contributed by atoms with Gasteiger partial charge in [-0.3, -0.25) is 9.36 Å². The Morgan fingerprint density at radius 1 is 1.34 bits per heavy atom. The van der Waals surface area contributed by atoms with Crippen LogP contribution in [-0.4, -0.2) is 76.7 Å². The van der Waals surface area contributed by atoms with Crippen molar-refractivity contribution >= 4 is 39.9 Å². The number of anilines is 1. The highest BCUT2D eigenvalue weighted by Crippen LogP contribution is 2.49. The summed E-state index contributed by atoms with van der Waals surface area (Å²) in [5.74, 6) is -0.625. The van der Waals surface area contributed by atoms with Gasteiger partial charge in [0, 0.05) is 37.6 Å². The number of halogens is 2. The lowest BCUT2D eigenvalue weighted by atomic mass is 9.99. The number of likely N-dealkylation sites (N-methyl/N-ethyl adjacent to an activating group) is 1. The van der Waals surface area contributed by atoms with Crippen LogP contribution in [0.4, 0.5) is 10.2 Å². The van der Waals surface area contributed by atoms with Crippen molar-refractivity contribution in [3.05, 3.63) is 64.5 Å². The Labute approximate surface area is 223 Å². The Morgan fingerprint density at radius 2 is 2.11 bits per heavy atom. The Balaban J connectivity index is 1.78. The van der Waals surface area contributed by atoms with Gasteiger partial charge in [0.25, 0.3) is 0 Å². The molecule has 1 saturated heterocycles. The predicted molar refractivity (Wildman–Crippen MR) is 145 cm³/mol. The third-order valence-corrected chi connectivity index (χ3v) is 7.07. The minimum absolute atomic E-state index is 0.124. The molecule has 2 aromatic carbocycles. The van der Waals surface area contributed by atoms with Gasteiger partial charge in [-0.1, -0.05) is 24.2 Å². The number of hydrogen-bond acceptors (Lipinski definition) is 7. The molecule has 0 aliphatic carbocycles. The summed E-state index contributed by atoms with van der Waals surface area (Å²) in [7, 11) is 3.72. The monoisotopic (exact) mass is 539 g/mol. The lowest BCUT2D eigenvalue weighted by Gasteiger charge is -2.40. The summed E-state index contributed by atoms with van der Waals surface area (Å²) >= 11 is 6.75. The third-order valence-electron chi connectivity index (χ3n) is 6.77. The average Bonchev–Trinajstić information content (AvgIpc) is 2.87. The number of ether oxygens (including phenoxy) is 1. The highest BCUT2D eigenvalue weighted by molar-refractivity contribution is 6.35. The molecule has 2 aliphatic rings. The van der Waals surface area contributed by atoms with Crippen LogP contribution in [0.2, 0.25) is 5.02 Å². The number of benzene rings is 2.